The molecule has 0 unspecified atom stereocenters. The molecular formula is C12H13NO5. The summed E-state index contributed by atoms with van der Waals surface area (Å²) in [5.41, 5.74) is 0.268. The van der Waals surface area contributed by atoms with E-state index in [-0.39, 0.29) is 5.69 Å². The molecule has 1 aromatic carbocycles. The third kappa shape index (κ3) is 3.89. The minimum atomic E-state index is -1.12. The maximum atomic E-state index is 10.6. The van der Waals surface area contributed by atoms with Gasteiger partial charge >= 0.3 is 5.97 Å². The molecule has 0 saturated carbocycles. The Labute approximate surface area is 104 Å². The lowest BCUT2D eigenvalue weighted by Crippen LogP contribution is -1.98. The smallest absolute Gasteiger partial charge is 0.328 e. The van der Waals surface area contributed by atoms with Crippen LogP contribution in [0.5, 0.6) is 5.75 Å². The van der Waals surface area contributed by atoms with Gasteiger partial charge in [-0.3, -0.25) is 10.1 Å². The zero-order chi connectivity index (χ0) is 13.5. The highest BCUT2D eigenvalue weighted by molar-refractivity contribution is 5.86. The molecule has 0 radical (unpaired) electrons. The molecule has 0 fully saturated rings. The standard InChI is InChI=1S/C12H13NO5/c1-2-7-18-11-5-4-10(13(16)17)8-9(11)3-6-12(14)15/h3-6,8H,2,7H2,1H3,(H,14,15)/b6-3+. The summed E-state index contributed by atoms with van der Waals surface area (Å²) in [4.78, 5) is 20.6. The van der Waals surface area contributed by atoms with Crippen LogP contribution in [0.3, 0.4) is 0 Å². The van der Waals surface area contributed by atoms with E-state index in [9.17, 15) is 14.9 Å². The van der Waals surface area contributed by atoms with E-state index in [0.29, 0.717) is 17.9 Å². The fourth-order valence-electron chi connectivity index (χ4n) is 1.28. The van der Waals surface area contributed by atoms with E-state index >= 15 is 0 Å². The van der Waals surface area contributed by atoms with Crippen molar-refractivity contribution in [2.45, 2.75) is 13.3 Å². The van der Waals surface area contributed by atoms with Gasteiger partial charge < -0.3 is 9.84 Å². The van der Waals surface area contributed by atoms with Gasteiger partial charge in [0.25, 0.3) is 5.69 Å². The van der Waals surface area contributed by atoms with Crippen LogP contribution in [0.25, 0.3) is 6.08 Å². The summed E-state index contributed by atoms with van der Waals surface area (Å²) in [5.74, 6) is -0.692. The molecule has 0 aromatic heterocycles. The first-order chi connectivity index (χ1) is 8.54. The molecule has 0 atom stereocenters. The van der Waals surface area contributed by atoms with Gasteiger partial charge in [-0.1, -0.05) is 6.92 Å². The zero-order valence-corrected chi connectivity index (χ0v) is 9.83. The van der Waals surface area contributed by atoms with Crippen molar-refractivity contribution in [3.63, 3.8) is 0 Å². The average molecular weight is 251 g/mol. The molecule has 18 heavy (non-hydrogen) atoms. The van der Waals surface area contributed by atoms with Gasteiger partial charge in [-0.15, -0.1) is 0 Å². The fourth-order valence-corrected chi connectivity index (χ4v) is 1.28. The van der Waals surface area contributed by atoms with E-state index in [0.717, 1.165) is 12.5 Å². The minimum absolute atomic E-state index is 0.108. The van der Waals surface area contributed by atoms with E-state index in [4.69, 9.17) is 9.84 Å². The van der Waals surface area contributed by atoms with Crippen molar-refractivity contribution in [2.24, 2.45) is 0 Å². The number of nitrogens with zero attached hydrogens (tertiary/aromatic N) is 1. The molecule has 0 aliphatic rings. The Hall–Kier alpha value is -2.37. The van der Waals surface area contributed by atoms with Crippen LogP contribution in [0.4, 0.5) is 5.69 Å². The van der Waals surface area contributed by atoms with Crippen molar-refractivity contribution in [3.8, 4) is 5.75 Å². The Bertz CT molecular complexity index is 481. The second-order valence-electron chi connectivity index (χ2n) is 3.50. The first-order valence-corrected chi connectivity index (χ1v) is 5.37. The summed E-state index contributed by atoms with van der Waals surface area (Å²) in [6, 6.07) is 4.07. The van der Waals surface area contributed by atoms with Gasteiger partial charge in [0.15, 0.2) is 0 Å². The van der Waals surface area contributed by atoms with Crippen LogP contribution in [-0.4, -0.2) is 22.6 Å². The monoisotopic (exact) mass is 251 g/mol. The molecule has 0 bridgehead atoms. The van der Waals surface area contributed by atoms with Crippen molar-refractivity contribution in [1.82, 2.24) is 0 Å². The van der Waals surface area contributed by atoms with Crippen LogP contribution >= 0.6 is 0 Å². The molecule has 0 heterocycles. The first kappa shape index (κ1) is 13.7. The predicted octanol–water partition coefficient (Wildman–Crippen LogP) is 2.48. The third-order valence-corrected chi connectivity index (χ3v) is 2.07. The number of hydrogen-bond donors (Lipinski definition) is 1. The molecule has 1 rings (SSSR count). The van der Waals surface area contributed by atoms with Crippen LogP contribution in [0.2, 0.25) is 0 Å². The highest BCUT2D eigenvalue weighted by Gasteiger charge is 2.10. The van der Waals surface area contributed by atoms with Crippen LogP contribution < -0.4 is 4.74 Å². The molecule has 1 N–H and O–H groups in total. The van der Waals surface area contributed by atoms with Crippen molar-refractivity contribution in [1.29, 1.82) is 0 Å². The van der Waals surface area contributed by atoms with Crippen LogP contribution in [0, 0.1) is 10.1 Å². The number of ether oxygens (including phenoxy) is 1. The summed E-state index contributed by atoms with van der Waals surface area (Å²) in [6.07, 6.45) is 2.98. The Balaban J connectivity index is 3.09. The van der Waals surface area contributed by atoms with Crippen LogP contribution in [0.15, 0.2) is 24.3 Å². The number of hydrogen-bond acceptors (Lipinski definition) is 4. The number of aliphatic carboxylic acids is 1. The topological polar surface area (TPSA) is 89.7 Å². The lowest BCUT2D eigenvalue weighted by atomic mass is 10.1. The predicted molar refractivity (Wildman–Crippen MR) is 65.6 cm³/mol. The second kappa shape index (κ2) is 6.39. The van der Waals surface area contributed by atoms with Crippen molar-refractivity contribution in [2.75, 3.05) is 6.61 Å². The largest absolute Gasteiger partial charge is 0.493 e. The first-order valence-electron chi connectivity index (χ1n) is 5.37. The number of carboxylic acid groups (broad SMARTS) is 1. The zero-order valence-electron chi connectivity index (χ0n) is 9.83. The molecular weight excluding hydrogens is 238 g/mol. The molecule has 0 aliphatic heterocycles. The van der Waals surface area contributed by atoms with E-state index in [1.54, 1.807) is 0 Å². The lowest BCUT2D eigenvalue weighted by molar-refractivity contribution is -0.384. The Morgan fingerprint density at radius 2 is 2.28 bits per heavy atom. The van der Waals surface area contributed by atoms with Gasteiger partial charge in [-0.2, -0.15) is 0 Å². The van der Waals surface area contributed by atoms with Crippen molar-refractivity contribution in [3.05, 3.63) is 40.0 Å². The van der Waals surface area contributed by atoms with Gasteiger partial charge in [0.05, 0.1) is 11.5 Å². The van der Waals surface area contributed by atoms with Crippen LogP contribution in [-0.2, 0) is 4.79 Å². The third-order valence-electron chi connectivity index (χ3n) is 2.07. The summed E-state index contributed by atoms with van der Waals surface area (Å²) >= 11 is 0. The normalized spacial score (nSPS) is 10.5. The summed E-state index contributed by atoms with van der Waals surface area (Å²) in [6.45, 7) is 2.39. The summed E-state index contributed by atoms with van der Waals surface area (Å²) in [7, 11) is 0. The molecule has 96 valence electrons. The number of benzene rings is 1. The maximum Gasteiger partial charge on any atom is 0.328 e. The van der Waals surface area contributed by atoms with E-state index in [1.165, 1.54) is 24.3 Å². The highest BCUT2D eigenvalue weighted by Crippen LogP contribution is 2.25. The van der Waals surface area contributed by atoms with Crippen molar-refractivity contribution >= 4 is 17.7 Å². The Morgan fingerprint density at radius 1 is 1.56 bits per heavy atom. The quantitative estimate of drug-likeness (QED) is 0.476. The molecule has 0 aliphatic carbocycles. The fraction of sp³-hybridized carbons (Fsp3) is 0.250. The van der Waals surface area contributed by atoms with Gasteiger partial charge in [0.1, 0.15) is 5.75 Å². The van der Waals surface area contributed by atoms with Gasteiger partial charge in [-0.25, -0.2) is 4.79 Å². The van der Waals surface area contributed by atoms with E-state index in [2.05, 4.69) is 0 Å². The van der Waals surface area contributed by atoms with Gasteiger partial charge in [0.2, 0.25) is 0 Å². The SMILES string of the molecule is CCCOc1ccc([N+](=O)[O-])cc1/C=C/C(=O)O. The average Bonchev–Trinajstić information content (AvgIpc) is 2.33. The van der Waals surface area contributed by atoms with Gasteiger partial charge in [0, 0.05) is 23.8 Å². The van der Waals surface area contributed by atoms with Crippen LogP contribution in [0.1, 0.15) is 18.9 Å². The van der Waals surface area contributed by atoms with E-state index in [1.807, 2.05) is 6.92 Å². The molecule has 6 nitrogen and oxygen atoms in total. The number of rotatable bonds is 6. The molecule has 0 spiro atoms. The summed E-state index contributed by atoms with van der Waals surface area (Å²) in [5, 5.41) is 19.2. The minimum Gasteiger partial charge on any atom is -0.493 e. The lowest BCUT2D eigenvalue weighted by Gasteiger charge is -2.07. The number of carbonyl (C=O) groups is 1. The Kier molecular flexibility index (Phi) is 4.86. The number of nitro groups is 1. The highest BCUT2D eigenvalue weighted by atomic mass is 16.6. The second-order valence-corrected chi connectivity index (χ2v) is 3.50. The number of non-ortho nitro benzene ring substituents is 1. The number of nitro benzene ring substituents is 1. The van der Waals surface area contributed by atoms with Gasteiger partial charge in [-0.05, 0) is 18.6 Å². The number of carboxylic acids is 1. The Morgan fingerprint density at radius 3 is 2.83 bits per heavy atom. The molecule has 6 heteroatoms. The van der Waals surface area contributed by atoms with Crippen molar-refractivity contribution < 1.29 is 19.6 Å². The molecule has 0 saturated heterocycles. The molecule has 0 amide bonds. The van der Waals surface area contributed by atoms with E-state index < -0.39 is 10.9 Å². The maximum absolute atomic E-state index is 10.6. The molecule has 1 aromatic rings. The summed E-state index contributed by atoms with van der Waals surface area (Å²) < 4.78 is 5.39.